The molecule has 1 unspecified atom stereocenters. The van der Waals surface area contributed by atoms with Crippen molar-refractivity contribution in [3.8, 4) is 0 Å². The van der Waals surface area contributed by atoms with Gasteiger partial charge in [-0.25, -0.2) is 0 Å². The highest BCUT2D eigenvalue weighted by molar-refractivity contribution is 5.89. The molecule has 1 saturated heterocycles. The molecular formula is C44H84N4O4. The van der Waals surface area contributed by atoms with Gasteiger partial charge in [-0.2, -0.15) is 0 Å². The molecule has 1 atom stereocenters. The van der Waals surface area contributed by atoms with E-state index in [-0.39, 0.29) is 36.7 Å². The zero-order valence-corrected chi connectivity index (χ0v) is 34.6. The highest BCUT2D eigenvalue weighted by Gasteiger charge is 2.31. The van der Waals surface area contributed by atoms with Gasteiger partial charge in [0.1, 0.15) is 6.04 Å². The van der Waals surface area contributed by atoms with Crippen molar-refractivity contribution >= 4 is 17.8 Å². The summed E-state index contributed by atoms with van der Waals surface area (Å²) in [7, 11) is 2.16. The van der Waals surface area contributed by atoms with Crippen LogP contribution in [0, 0.1) is 0 Å². The summed E-state index contributed by atoms with van der Waals surface area (Å²) in [5.74, 6) is -0.367. The van der Waals surface area contributed by atoms with Gasteiger partial charge in [-0.1, -0.05) is 162 Å². The highest BCUT2D eigenvalue weighted by Crippen LogP contribution is 2.20. The largest absolute Gasteiger partial charge is 0.466 e. The first-order chi connectivity index (χ1) is 25.4. The van der Waals surface area contributed by atoms with Crippen molar-refractivity contribution in [2.75, 3.05) is 52.9 Å². The third kappa shape index (κ3) is 23.2. The maximum Gasteiger partial charge on any atom is 0.306 e. The van der Waals surface area contributed by atoms with Crippen molar-refractivity contribution in [3.05, 3.63) is 0 Å². The number of likely N-dealkylation sites (N-methyl/N-ethyl adjacent to an activating group) is 1. The third-order valence-electron chi connectivity index (χ3n) is 11.6. The molecule has 1 N–H and O–H groups in total. The number of rotatable bonds is 31. The van der Waals surface area contributed by atoms with E-state index < -0.39 is 6.04 Å². The van der Waals surface area contributed by atoms with Gasteiger partial charge in [-0.15, -0.1) is 0 Å². The van der Waals surface area contributed by atoms with Crippen LogP contribution in [0.25, 0.3) is 0 Å². The first-order valence-corrected chi connectivity index (χ1v) is 22.6. The molecule has 0 aromatic heterocycles. The molecule has 2 fully saturated rings. The summed E-state index contributed by atoms with van der Waals surface area (Å²) >= 11 is 0. The number of nitrogens with zero attached hydrogens (tertiary/aromatic N) is 3. The van der Waals surface area contributed by atoms with Crippen LogP contribution >= 0.6 is 0 Å². The predicted molar refractivity (Wildman–Crippen MR) is 218 cm³/mol. The standard InChI is InChI=1S/C44H84N4O4/c1-4-6-8-10-12-14-16-18-20-26-30-41(44(51)45-40-28-24-21-22-25-29-40)48(38-37-47-35-33-46(3)34-36-47)42(49)31-32-43(50)52-39-27-23-19-17-15-13-11-9-7-5-2/h40-41H,4-39H2,1-3H3,(H,45,51). The van der Waals surface area contributed by atoms with Gasteiger partial charge in [0.15, 0.2) is 0 Å². The zero-order chi connectivity index (χ0) is 37.5. The van der Waals surface area contributed by atoms with Crippen LogP contribution in [0.4, 0.5) is 0 Å². The van der Waals surface area contributed by atoms with Gasteiger partial charge in [-0.3, -0.25) is 19.3 Å². The van der Waals surface area contributed by atoms with Crippen LogP contribution in [0.15, 0.2) is 0 Å². The minimum absolute atomic E-state index is 0.0121. The van der Waals surface area contributed by atoms with Crippen LogP contribution < -0.4 is 5.32 Å². The number of hydrogen-bond donors (Lipinski definition) is 1. The highest BCUT2D eigenvalue weighted by atomic mass is 16.5. The molecule has 2 rings (SSSR count). The lowest BCUT2D eigenvalue weighted by Crippen LogP contribution is -2.54. The van der Waals surface area contributed by atoms with Crippen molar-refractivity contribution < 1.29 is 19.1 Å². The monoisotopic (exact) mass is 733 g/mol. The second-order valence-corrected chi connectivity index (χ2v) is 16.3. The molecule has 1 aliphatic heterocycles. The molecule has 0 spiro atoms. The summed E-state index contributed by atoms with van der Waals surface area (Å²) in [6, 6.07) is -0.291. The molecule has 2 aliphatic rings. The number of amides is 2. The lowest BCUT2D eigenvalue weighted by molar-refractivity contribution is -0.147. The molecular weight excluding hydrogens is 649 g/mol. The van der Waals surface area contributed by atoms with Crippen molar-refractivity contribution in [3.63, 3.8) is 0 Å². The second kappa shape index (κ2) is 31.7. The average molecular weight is 733 g/mol. The van der Waals surface area contributed by atoms with Crippen molar-refractivity contribution in [1.29, 1.82) is 0 Å². The van der Waals surface area contributed by atoms with Gasteiger partial charge in [0.25, 0.3) is 0 Å². The number of unbranched alkanes of at least 4 members (excludes halogenated alkanes) is 18. The van der Waals surface area contributed by atoms with Gasteiger partial charge in [-0.05, 0) is 32.7 Å². The van der Waals surface area contributed by atoms with Crippen LogP contribution in [0.5, 0.6) is 0 Å². The number of carbonyl (C=O) groups excluding carboxylic acids is 3. The molecule has 0 bridgehead atoms. The Labute approximate surface area is 321 Å². The number of piperazine rings is 1. The normalized spacial score (nSPS) is 16.8. The van der Waals surface area contributed by atoms with Crippen LogP contribution in [0.2, 0.25) is 0 Å². The van der Waals surface area contributed by atoms with Crippen LogP contribution in [0.1, 0.15) is 200 Å². The first kappa shape index (κ1) is 46.5. The van der Waals surface area contributed by atoms with Gasteiger partial charge >= 0.3 is 5.97 Å². The lowest BCUT2D eigenvalue weighted by Gasteiger charge is -2.36. The van der Waals surface area contributed by atoms with E-state index in [1.165, 1.54) is 116 Å². The van der Waals surface area contributed by atoms with E-state index in [4.69, 9.17) is 4.74 Å². The predicted octanol–water partition coefficient (Wildman–Crippen LogP) is 9.83. The van der Waals surface area contributed by atoms with Crippen molar-refractivity contribution in [2.24, 2.45) is 0 Å². The summed E-state index contributed by atoms with van der Waals surface area (Å²) in [5, 5.41) is 3.41. The molecule has 0 aromatic carbocycles. The topological polar surface area (TPSA) is 82.2 Å². The van der Waals surface area contributed by atoms with Crippen molar-refractivity contribution in [2.45, 2.75) is 212 Å². The Hall–Kier alpha value is -1.67. The lowest BCUT2D eigenvalue weighted by atomic mass is 10.0. The summed E-state index contributed by atoms with van der Waals surface area (Å²) in [5.41, 5.74) is 0. The van der Waals surface area contributed by atoms with E-state index in [1.54, 1.807) is 0 Å². The fourth-order valence-corrected chi connectivity index (χ4v) is 7.95. The molecule has 8 nitrogen and oxygen atoms in total. The maximum atomic E-state index is 14.1. The number of carbonyl (C=O) groups is 3. The SMILES string of the molecule is CCCCCCCCCCCCOC(=O)CCC(=O)N(CCN1CCN(C)CC1)C(CCCCCCCCCCCC)C(=O)NC1CCCCCC1. The fraction of sp³-hybridized carbons (Fsp3) is 0.932. The number of nitrogens with one attached hydrogen (secondary N) is 1. The minimum atomic E-state index is -0.486. The molecule has 52 heavy (non-hydrogen) atoms. The molecule has 304 valence electrons. The third-order valence-corrected chi connectivity index (χ3v) is 11.6. The Kier molecular flexibility index (Phi) is 28.3. The molecule has 1 aliphatic carbocycles. The Morgan fingerprint density at radius 3 is 1.69 bits per heavy atom. The summed E-state index contributed by atoms with van der Waals surface area (Å²) in [6.07, 6.45) is 32.5. The van der Waals surface area contributed by atoms with Gasteiger partial charge < -0.3 is 19.9 Å². The van der Waals surface area contributed by atoms with Gasteiger partial charge in [0, 0.05) is 51.7 Å². The first-order valence-electron chi connectivity index (χ1n) is 22.6. The second-order valence-electron chi connectivity index (χ2n) is 16.3. The molecule has 2 amide bonds. The minimum Gasteiger partial charge on any atom is -0.466 e. The van der Waals surface area contributed by atoms with Crippen molar-refractivity contribution in [1.82, 2.24) is 20.0 Å². The average Bonchev–Trinajstić information content (AvgIpc) is 3.42. The van der Waals surface area contributed by atoms with Crippen LogP contribution in [0.3, 0.4) is 0 Å². The fourth-order valence-electron chi connectivity index (χ4n) is 7.95. The van der Waals surface area contributed by atoms with Gasteiger partial charge in [0.2, 0.25) is 11.8 Å². The number of hydrogen-bond acceptors (Lipinski definition) is 6. The summed E-state index contributed by atoms with van der Waals surface area (Å²) < 4.78 is 5.57. The molecule has 0 aromatic rings. The van der Waals surface area contributed by atoms with Crippen LogP contribution in [-0.4, -0.2) is 97.5 Å². The van der Waals surface area contributed by atoms with E-state index in [1.807, 2.05) is 4.90 Å². The summed E-state index contributed by atoms with van der Waals surface area (Å²) in [6.45, 7) is 10.2. The Morgan fingerprint density at radius 2 is 1.15 bits per heavy atom. The maximum absolute atomic E-state index is 14.1. The Balaban J connectivity index is 1.93. The number of ether oxygens (including phenoxy) is 1. The van der Waals surface area contributed by atoms with E-state index in [0.29, 0.717) is 19.6 Å². The van der Waals surface area contributed by atoms with E-state index in [2.05, 4.69) is 36.0 Å². The summed E-state index contributed by atoms with van der Waals surface area (Å²) in [4.78, 5) is 47.5. The molecule has 0 radical (unpaired) electrons. The zero-order valence-electron chi connectivity index (χ0n) is 34.6. The number of esters is 1. The molecule has 8 heteroatoms. The Bertz CT molecular complexity index is 885. The molecule has 1 heterocycles. The van der Waals surface area contributed by atoms with Gasteiger partial charge in [0.05, 0.1) is 13.0 Å². The smallest absolute Gasteiger partial charge is 0.306 e. The van der Waals surface area contributed by atoms with E-state index in [0.717, 1.165) is 84.1 Å². The van der Waals surface area contributed by atoms with E-state index in [9.17, 15) is 14.4 Å². The Morgan fingerprint density at radius 1 is 0.654 bits per heavy atom. The molecule has 1 saturated carbocycles. The van der Waals surface area contributed by atoms with E-state index >= 15 is 0 Å². The van der Waals surface area contributed by atoms with Crippen LogP contribution in [-0.2, 0) is 19.1 Å². The quantitative estimate of drug-likeness (QED) is 0.0434.